The number of nitrogens with one attached hydrogen (secondary N) is 2. The van der Waals surface area contributed by atoms with Crippen molar-refractivity contribution in [1.29, 1.82) is 0 Å². The minimum Gasteiger partial charge on any atom is -0.326 e. The molecule has 2 N–H and O–H groups in total. The molecule has 0 aliphatic carbocycles. The van der Waals surface area contributed by atoms with Gasteiger partial charge < -0.3 is 5.32 Å². The van der Waals surface area contributed by atoms with Gasteiger partial charge in [-0.15, -0.1) is 0 Å². The molecule has 4 rings (SSSR count). The van der Waals surface area contributed by atoms with Crippen LogP contribution in [0.3, 0.4) is 0 Å². The molecule has 0 saturated carbocycles. The lowest BCUT2D eigenvalue weighted by molar-refractivity contribution is -0.114. The number of benzene rings is 2. The lowest BCUT2D eigenvalue weighted by Gasteiger charge is -2.10. The van der Waals surface area contributed by atoms with E-state index in [0.29, 0.717) is 11.0 Å². The number of hydrogen-bond donors (Lipinski definition) is 2. The maximum absolute atomic E-state index is 11.2. The molecule has 0 radical (unpaired) electrons. The number of fused-ring (bicyclic) bond motifs is 1. The summed E-state index contributed by atoms with van der Waals surface area (Å²) < 4.78 is 0. The van der Waals surface area contributed by atoms with Crippen LogP contribution in [0.1, 0.15) is 12.5 Å². The fourth-order valence-corrected chi connectivity index (χ4v) is 3.45. The fourth-order valence-electron chi connectivity index (χ4n) is 2.68. The Morgan fingerprint density at radius 1 is 1.07 bits per heavy atom. The Hall–Kier alpha value is -3.39. The summed E-state index contributed by atoms with van der Waals surface area (Å²) in [7, 11) is 0. The zero-order valence-corrected chi connectivity index (χ0v) is 16.2. The van der Waals surface area contributed by atoms with Crippen LogP contribution in [0, 0.1) is 6.92 Å². The summed E-state index contributed by atoms with van der Waals surface area (Å²) in [4.78, 5) is 23.1. The van der Waals surface area contributed by atoms with Gasteiger partial charge in [0.1, 0.15) is 0 Å². The SMILES string of the molecule is CC(=O)Nc1ccc(Sc2nc(Nn3cc(C)cn3)c3ccccc3n2)cc1. The maximum Gasteiger partial charge on any atom is 0.221 e. The number of carbonyl (C=O) groups excluding carboxylic acids is 1. The molecule has 0 aliphatic rings. The predicted octanol–water partition coefficient (Wildman–Crippen LogP) is 4.12. The van der Waals surface area contributed by atoms with Crippen molar-refractivity contribution in [3.8, 4) is 0 Å². The summed E-state index contributed by atoms with van der Waals surface area (Å²) in [6.07, 6.45) is 3.67. The van der Waals surface area contributed by atoms with Crippen LogP contribution in [0.25, 0.3) is 10.9 Å². The molecule has 0 unspecified atom stereocenters. The Labute approximate surface area is 166 Å². The molecular weight excluding hydrogens is 372 g/mol. The van der Waals surface area contributed by atoms with Crippen LogP contribution < -0.4 is 10.7 Å². The molecule has 0 fully saturated rings. The van der Waals surface area contributed by atoms with Gasteiger partial charge in [0.05, 0.1) is 17.9 Å². The second-order valence-corrected chi connectivity index (χ2v) is 7.29. The second kappa shape index (κ2) is 7.69. The van der Waals surface area contributed by atoms with Gasteiger partial charge in [0.25, 0.3) is 0 Å². The molecule has 1 amide bonds. The number of anilines is 2. The maximum atomic E-state index is 11.2. The van der Waals surface area contributed by atoms with Crippen molar-refractivity contribution in [2.24, 2.45) is 0 Å². The smallest absolute Gasteiger partial charge is 0.221 e. The summed E-state index contributed by atoms with van der Waals surface area (Å²) in [6.45, 7) is 3.47. The quantitative estimate of drug-likeness (QED) is 0.499. The summed E-state index contributed by atoms with van der Waals surface area (Å²) in [5.74, 6) is 0.592. The van der Waals surface area contributed by atoms with Gasteiger partial charge in [0, 0.05) is 22.9 Å². The van der Waals surface area contributed by atoms with E-state index in [1.807, 2.05) is 61.7 Å². The van der Waals surface area contributed by atoms with E-state index < -0.39 is 0 Å². The third kappa shape index (κ3) is 4.12. The van der Waals surface area contributed by atoms with Gasteiger partial charge in [-0.2, -0.15) is 9.89 Å². The second-order valence-electron chi connectivity index (χ2n) is 6.25. The predicted molar refractivity (Wildman–Crippen MR) is 110 cm³/mol. The van der Waals surface area contributed by atoms with Crippen LogP contribution in [0.5, 0.6) is 0 Å². The highest BCUT2D eigenvalue weighted by atomic mass is 32.2. The molecule has 8 heteroatoms. The monoisotopic (exact) mass is 390 g/mol. The lowest BCUT2D eigenvalue weighted by Crippen LogP contribution is -2.11. The first kappa shape index (κ1) is 18.0. The van der Waals surface area contributed by atoms with Crippen molar-refractivity contribution in [2.45, 2.75) is 23.9 Å². The molecule has 0 bridgehead atoms. The van der Waals surface area contributed by atoms with Gasteiger partial charge in [-0.3, -0.25) is 10.2 Å². The van der Waals surface area contributed by atoms with Crippen molar-refractivity contribution >= 4 is 40.1 Å². The third-order valence-corrected chi connectivity index (χ3v) is 4.77. The van der Waals surface area contributed by atoms with Crippen molar-refractivity contribution in [2.75, 3.05) is 10.7 Å². The minimum absolute atomic E-state index is 0.0946. The van der Waals surface area contributed by atoms with Gasteiger partial charge in [-0.1, -0.05) is 12.1 Å². The first-order valence-corrected chi connectivity index (χ1v) is 9.49. The van der Waals surface area contributed by atoms with Crippen LogP contribution in [-0.4, -0.2) is 25.8 Å². The molecule has 2 heterocycles. The Bertz CT molecular complexity index is 1140. The largest absolute Gasteiger partial charge is 0.326 e. The number of hydrogen-bond acceptors (Lipinski definition) is 6. The fraction of sp³-hybridized carbons (Fsp3) is 0.100. The molecule has 7 nitrogen and oxygen atoms in total. The molecule has 28 heavy (non-hydrogen) atoms. The van der Waals surface area contributed by atoms with Crippen LogP contribution in [-0.2, 0) is 4.79 Å². The number of carbonyl (C=O) groups is 1. The van der Waals surface area contributed by atoms with Crippen LogP contribution in [0.4, 0.5) is 11.5 Å². The van der Waals surface area contributed by atoms with Gasteiger partial charge in [0.15, 0.2) is 11.0 Å². The molecule has 0 saturated heterocycles. The van der Waals surface area contributed by atoms with Crippen LogP contribution in [0.15, 0.2) is 71.0 Å². The molecule has 0 aliphatic heterocycles. The number of amides is 1. The normalized spacial score (nSPS) is 10.8. The summed E-state index contributed by atoms with van der Waals surface area (Å²) in [5, 5.41) is 8.57. The van der Waals surface area contributed by atoms with E-state index in [-0.39, 0.29) is 5.91 Å². The van der Waals surface area contributed by atoms with Gasteiger partial charge in [-0.05, 0) is 60.6 Å². The number of rotatable bonds is 5. The Kier molecular flexibility index (Phi) is 4.94. The van der Waals surface area contributed by atoms with Crippen molar-refractivity contribution < 1.29 is 4.79 Å². The lowest BCUT2D eigenvalue weighted by atomic mass is 10.2. The zero-order valence-electron chi connectivity index (χ0n) is 15.4. The van der Waals surface area contributed by atoms with E-state index in [0.717, 1.165) is 27.0 Å². The first-order valence-electron chi connectivity index (χ1n) is 8.67. The summed E-state index contributed by atoms with van der Waals surface area (Å²) >= 11 is 1.46. The Morgan fingerprint density at radius 2 is 1.86 bits per heavy atom. The standard InChI is InChI=1S/C20H18N6OS/c1-13-11-21-26(12-13)25-19-17-5-3-4-6-18(17)23-20(24-19)28-16-9-7-15(8-10-16)22-14(2)27/h3-12H,1-2H3,(H,22,27)(H,23,24,25). The van der Waals surface area contributed by atoms with E-state index in [1.165, 1.54) is 18.7 Å². The molecule has 0 spiro atoms. The number of para-hydroxylation sites is 1. The highest BCUT2D eigenvalue weighted by Gasteiger charge is 2.10. The van der Waals surface area contributed by atoms with Gasteiger partial charge >= 0.3 is 0 Å². The molecule has 2 aromatic heterocycles. The van der Waals surface area contributed by atoms with Crippen molar-refractivity contribution in [1.82, 2.24) is 19.9 Å². The summed E-state index contributed by atoms with van der Waals surface area (Å²) in [6, 6.07) is 15.4. The van der Waals surface area contributed by atoms with Crippen LogP contribution in [0.2, 0.25) is 0 Å². The third-order valence-electron chi connectivity index (χ3n) is 3.90. The van der Waals surface area contributed by atoms with Gasteiger partial charge in [-0.25, -0.2) is 9.97 Å². The number of aromatic nitrogens is 4. The zero-order chi connectivity index (χ0) is 19.5. The van der Waals surface area contributed by atoms with Crippen molar-refractivity contribution in [3.63, 3.8) is 0 Å². The Morgan fingerprint density at radius 3 is 2.57 bits per heavy atom. The Balaban J connectivity index is 1.64. The molecule has 2 aromatic carbocycles. The topological polar surface area (TPSA) is 84.7 Å². The average Bonchev–Trinajstić information content (AvgIpc) is 3.08. The van der Waals surface area contributed by atoms with E-state index in [9.17, 15) is 4.79 Å². The van der Waals surface area contributed by atoms with Gasteiger partial charge in [0.2, 0.25) is 5.91 Å². The van der Waals surface area contributed by atoms with E-state index in [2.05, 4.69) is 25.8 Å². The van der Waals surface area contributed by atoms with E-state index >= 15 is 0 Å². The molecular formula is C20H18N6OS. The van der Waals surface area contributed by atoms with E-state index in [1.54, 1.807) is 11.0 Å². The van der Waals surface area contributed by atoms with E-state index in [4.69, 9.17) is 0 Å². The van der Waals surface area contributed by atoms with Crippen molar-refractivity contribution in [3.05, 3.63) is 66.5 Å². The summed E-state index contributed by atoms with van der Waals surface area (Å²) in [5.41, 5.74) is 5.88. The first-order chi connectivity index (χ1) is 13.6. The number of aryl methyl sites for hydroxylation is 1. The molecule has 140 valence electrons. The highest BCUT2D eigenvalue weighted by Crippen LogP contribution is 2.30. The number of nitrogens with zero attached hydrogens (tertiary/aromatic N) is 4. The van der Waals surface area contributed by atoms with Crippen LogP contribution >= 0.6 is 11.8 Å². The molecule has 4 aromatic rings. The highest BCUT2D eigenvalue weighted by molar-refractivity contribution is 7.99. The minimum atomic E-state index is -0.0946. The molecule has 0 atom stereocenters. The average molecular weight is 390 g/mol.